The summed E-state index contributed by atoms with van der Waals surface area (Å²) in [5, 5.41) is 2.82. The Morgan fingerprint density at radius 1 is 1.11 bits per heavy atom. The molecule has 1 aromatic heterocycles. The Labute approximate surface area is 167 Å². The maximum Gasteiger partial charge on any atom is 0.273 e. The minimum Gasteiger partial charge on any atom is -0.446 e. The van der Waals surface area contributed by atoms with Crippen LogP contribution in [-0.4, -0.2) is 34.8 Å². The van der Waals surface area contributed by atoms with Gasteiger partial charge in [-0.1, -0.05) is 58.0 Å². The van der Waals surface area contributed by atoms with E-state index in [4.69, 9.17) is 4.42 Å². The summed E-state index contributed by atoms with van der Waals surface area (Å²) < 4.78 is 5.45. The van der Waals surface area contributed by atoms with Gasteiger partial charge in [0.15, 0.2) is 5.69 Å². The molecule has 1 N–H and O–H groups in total. The van der Waals surface area contributed by atoms with Crippen molar-refractivity contribution in [3.05, 3.63) is 53.7 Å². The number of nitrogens with zero attached hydrogens (tertiary/aromatic N) is 2. The van der Waals surface area contributed by atoms with E-state index in [1.54, 1.807) is 4.90 Å². The first-order valence-electron chi connectivity index (χ1n) is 9.89. The molecule has 2 rings (SSSR count). The molecule has 1 heterocycles. The molecule has 28 heavy (non-hydrogen) atoms. The van der Waals surface area contributed by atoms with Crippen LogP contribution in [0.3, 0.4) is 0 Å². The van der Waals surface area contributed by atoms with Gasteiger partial charge in [0.05, 0.1) is 6.54 Å². The SMILES string of the molecule is CC(C)CNC(=O)c1coc(CN(CC(C)C)C(=O)CCc2ccccc2)n1. The summed E-state index contributed by atoms with van der Waals surface area (Å²) >= 11 is 0. The fourth-order valence-corrected chi connectivity index (χ4v) is 2.79. The molecule has 2 amide bonds. The van der Waals surface area contributed by atoms with Crippen LogP contribution in [0.5, 0.6) is 0 Å². The van der Waals surface area contributed by atoms with Gasteiger partial charge in [0.25, 0.3) is 5.91 Å². The van der Waals surface area contributed by atoms with E-state index < -0.39 is 0 Å². The summed E-state index contributed by atoms with van der Waals surface area (Å²) in [6.45, 7) is 9.65. The van der Waals surface area contributed by atoms with Gasteiger partial charge in [-0.3, -0.25) is 9.59 Å². The Morgan fingerprint density at radius 2 is 1.82 bits per heavy atom. The number of aromatic nitrogens is 1. The van der Waals surface area contributed by atoms with Gasteiger partial charge in [0, 0.05) is 19.5 Å². The average molecular weight is 386 g/mol. The molecule has 0 aliphatic carbocycles. The van der Waals surface area contributed by atoms with Crippen LogP contribution >= 0.6 is 0 Å². The predicted molar refractivity (Wildman–Crippen MR) is 109 cm³/mol. The van der Waals surface area contributed by atoms with Crippen LogP contribution in [0.2, 0.25) is 0 Å². The van der Waals surface area contributed by atoms with Crippen LogP contribution in [0, 0.1) is 11.8 Å². The number of hydrogen-bond acceptors (Lipinski definition) is 4. The van der Waals surface area contributed by atoms with Crippen molar-refractivity contribution in [1.82, 2.24) is 15.2 Å². The van der Waals surface area contributed by atoms with Crippen LogP contribution < -0.4 is 5.32 Å². The monoisotopic (exact) mass is 385 g/mol. The van der Waals surface area contributed by atoms with Gasteiger partial charge in [-0.05, 0) is 23.8 Å². The third kappa shape index (κ3) is 7.18. The van der Waals surface area contributed by atoms with Crippen LogP contribution in [-0.2, 0) is 17.8 Å². The number of aryl methyl sites for hydroxylation is 1. The average Bonchev–Trinajstić information content (AvgIpc) is 3.12. The maximum atomic E-state index is 12.8. The predicted octanol–water partition coefficient (Wildman–Crippen LogP) is 3.68. The molecule has 6 heteroatoms. The molecule has 0 bridgehead atoms. The second-order valence-corrected chi connectivity index (χ2v) is 7.88. The summed E-state index contributed by atoms with van der Waals surface area (Å²) in [6.07, 6.45) is 2.48. The van der Waals surface area contributed by atoms with Crippen molar-refractivity contribution in [3.8, 4) is 0 Å². The Hall–Kier alpha value is -2.63. The second-order valence-electron chi connectivity index (χ2n) is 7.88. The van der Waals surface area contributed by atoms with E-state index in [9.17, 15) is 9.59 Å². The third-order valence-corrected chi connectivity index (χ3v) is 4.19. The Balaban J connectivity index is 1.97. The molecule has 0 unspecified atom stereocenters. The van der Waals surface area contributed by atoms with Crippen molar-refractivity contribution in [2.75, 3.05) is 13.1 Å². The smallest absolute Gasteiger partial charge is 0.273 e. The standard InChI is InChI=1S/C22H31N3O3/c1-16(2)12-23-22(27)19-15-28-20(24-19)14-25(13-17(3)4)21(26)11-10-18-8-6-5-7-9-18/h5-9,15-17H,10-14H2,1-4H3,(H,23,27). The highest BCUT2D eigenvalue weighted by Crippen LogP contribution is 2.12. The summed E-state index contributed by atoms with van der Waals surface area (Å²) in [4.78, 5) is 30.9. The van der Waals surface area contributed by atoms with Gasteiger partial charge in [-0.25, -0.2) is 4.98 Å². The molecule has 152 valence electrons. The molecule has 2 aromatic rings. The number of amides is 2. The molecule has 0 saturated carbocycles. The number of hydrogen-bond donors (Lipinski definition) is 1. The largest absolute Gasteiger partial charge is 0.446 e. The topological polar surface area (TPSA) is 75.4 Å². The van der Waals surface area contributed by atoms with E-state index in [1.165, 1.54) is 6.26 Å². The molecular weight excluding hydrogens is 354 g/mol. The lowest BCUT2D eigenvalue weighted by atomic mass is 10.1. The Bertz CT molecular complexity index is 753. The highest BCUT2D eigenvalue weighted by atomic mass is 16.3. The minimum absolute atomic E-state index is 0.0570. The number of carbonyl (C=O) groups excluding carboxylic acids is 2. The normalized spacial score (nSPS) is 11.1. The van der Waals surface area contributed by atoms with Crippen molar-refractivity contribution >= 4 is 11.8 Å². The fraction of sp³-hybridized carbons (Fsp3) is 0.500. The van der Waals surface area contributed by atoms with Gasteiger partial charge in [-0.2, -0.15) is 0 Å². The number of oxazole rings is 1. The van der Waals surface area contributed by atoms with Crippen molar-refractivity contribution in [2.45, 2.75) is 47.1 Å². The number of nitrogens with one attached hydrogen (secondary N) is 1. The highest BCUT2D eigenvalue weighted by Gasteiger charge is 2.19. The van der Waals surface area contributed by atoms with E-state index in [2.05, 4.69) is 24.1 Å². The quantitative estimate of drug-likeness (QED) is 0.677. The summed E-state index contributed by atoms with van der Waals surface area (Å²) in [7, 11) is 0. The van der Waals surface area contributed by atoms with Gasteiger partial charge in [0.2, 0.25) is 11.8 Å². The number of carbonyl (C=O) groups is 2. The summed E-state index contributed by atoms with van der Waals surface area (Å²) in [5.74, 6) is 0.864. The lowest BCUT2D eigenvalue weighted by Crippen LogP contribution is -2.34. The van der Waals surface area contributed by atoms with Crippen LogP contribution in [0.15, 0.2) is 41.0 Å². The van der Waals surface area contributed by atoms with Crippen molar-refractivity contribution in [2.24, 2.45) is 11.8 Å². The first-order valence-corrected chi connectivity index (χ1v) is 9.89. The molecular formula is C22H31N3O3. The summed E-state index contributed by atoms with van der Waals surface area (Å²) in [5.41, 5.74) is 1.39. The maximum absolute atomic E-state index is 12.8. The zero-order valence-electron chi connectivity index (χ0n) is 17.3. The number of rotatable bonds is 10. The van der Waals surface area contributed by atoms with E-state index in [0.717, 1.165) is 5.56 Å². The molecule has 0 atom stereocenters. The molecule has 0 spiro atoms. The van der Waals surface area contributed by atoms with E-state index in [0.29, 0.717) is 43.7 Å². The molecule has 0 aliphatic heterocycles. The molecule has 0 aliphatic rings. The first-order chi connectivity index (χ1) is 13.3. The summed E-state index contributed by atoms with van der Waals surface area (Å²) in [6, 6.07) is 9.97. The second kappa shape index (κ2) is 10.6. The van der Waals surface area contributed by atoms with Crippen LogP contribution in [0.25, 0.3) is 0 Å². The van der Waals surface area contributed by atoms with Gasteiger partial charge in [-0.15, -0.1) is 0 Å². The highest BCUT2D eigenvalue weighted by molar-refractivity contribution is 5.91. The first kappa shape index (κ1) is 21.7. The minimum atomic E-state index is -0.255. The van der Waals surface area contributed by atoms with Gasteiger partial charge < -0.3 is 14.6 Å². The molecule has 0 fully saturated rings. The Kier molecular flexibility index (Phi) is 8.23. The third-order valence-electron chi connectivity index (χ3n) is 4.19. The lowest BCUT2D eigenvalue weighted by Gasteiger charge is -2.23. The lowest BCUT2D eigenvalue weighted by molar-refractivity contribution is -0.132. The molecule has 0 saturated heterocycles. The zero-order chi connectivity index (χ0) is 20.5. The van der Waals surface area contributed by atoms with Gasteiger partial charge >= 0.3 is 0 Å². The Morgan fingerprint density at radius 3 is 2.46 bits per heavy atom. The van der Waals surface area contributed by atoms with Crippen molar-refractivity contribution in [3.63, 3.8) is 0 Å². The van der Waals surface area contributed by atoms with E-state index in [-0.39, 0.29) is 24.1 Å². The molecule has 1 aromatic carbocycles. The molecule has 6 nitrogen and oxygen atoms in total. The van der Waals surface area contributed by atoms with E-state index in [1.807, 2.05) is 44.2 Å². The van der Waals surface area contributed by atoms with Gasteiger partial charge in [0.1, 0.15) is 6.26 Å². The van der Waals surface area contributed by atoms with Crippen molar-refractivity contribution in [1.29, 1.82) is 0 Å². The van der Waals surface area contributed by atoms with E-state index >= 15 is 0 Å². The van der Waals surface area contributed by atoms with Crippen LogP contribution in [0.4, 0.5) is 0 Å². The van der Waals surface area contributed by atoms with Crippen LogP contribution in [0.1, 0.15) is 56.1 Å². The molecule has 0 radical (unpaired) electrons. The zero-order valence-corrected chi connectivity index (χ0v) is 17.3. The fourth-order valence-electron chi connectivity index (χ4n) is 2.79. The number of benzene rings is 1. The van der Waals surface area contributed by atoms with Crippen molar-refractivity contribution < 1.29 is 14.0 Å².